The second-order valence-corrected chi connectivity index (χ2v) is 9.75. The predicted octanol–water partition coefficient (Wildman–Crippen LogP) is 8.27. The molecule has 2 aromatic rings. The average molecular weight is 489 g/mol. The SMILES string of the molecule is CCCCCCCCC=CCCCCCCCC(=O)Nc1nnc(NCc2ccc(F)cc2)s1. The van der Waals surface area contributed by atoms with Gasteiger partial charge in [-0.05, 0) is 49.8 Å². The van der Waals surface area contributed by atoms with Gasteiger partial charge in [-0.3, -0.25) is 4.79 Å². The fourth-order valence-electron chi connectivity index (χ4n) is 3.66. The number of benzene rings is 1. The highest BCUT2D eigenvalue weighted by molar-refractivity contribution is 7.19. The summed E-state index contributed by atoms with van der Waals surface area (Å²) in [6, 6.07) is 6.30. The highest BCUT2D eigenvalue weighted by Gasteiger charge is 2.08. The fraction of sp³-hybridized carbons (Fsp3) is 0.593. The summed E-state index contributed by atoms with van der Waals surface area (Å²) in [6.07, 6.45) is 21.4. The Kier molecular flexibility index (Phi) is 14.9. The Balaban J connectivity index is 1.43. The highest BCUT2D eigenvalue weighted by atomic mass is 32.1. The zero-order valence-electron chi connectivity index (χ0n) is 20.7. The van der Waals surface area contributed by atoms with Crippen molar-refractivity contribution in [2.24, 2.45) is 0 Å². The normalized spacial score (nSPS) is 11.2. The Hall–Kier alpha value is -2.28. The number of carbonyl (C=O) groups is 1. The quantitative estimate of drug-likeness (QED) is 0.154. The Morgan fingerprint density at radius 2 is 1.44 bits per heavy atom. The van der Waals surface area contributed by atoms with Gasteiger partial charge in [0, 0.05) is 13.0 Å². The molecular formula is C27H41FN4OS. The first-order valence-corrected chi connectivity index (χ1v) is 13.8. The minimum absolute atomic E-state index is 0.0149. The fourth-order valence-corrected chi connectivity index (χ4v) is 4.32. The number of nitrogens with zero attached hydrogens (tertiary/aromatic N) is 2. The molecule has 0 aliphatic rings. The van der Waals surface area contributed by atoms with Gasteiger partial charge in [-0.15, -0.1) is 10.2 Å². The number of allylic oxidation sites excluding steroid dienone is 2. The smallest absolute Gasteiger partial charge is 0.226 e. The molecule has 0 saturated heterocycles. The van der Waals surface area contributed by atoms with Gasteiger partial charge >= 0.3 is 0 Å². The molecule has 0 spiro atoms. The molecule has 1 heterocycles. The van der Waals surface area contributed by atoms with Crippen LogP contribution in [-0.2, 0) is 11.3 Å². The monoisotopic (exact) mass is 488 g/mol. The van der Waals surface area contributed by atoms with Crippen molar-refractivity contribution in [3.8, 4) is 0 Å². The van der Waals surface area contributed by atoms with Crippen LogP contribution in [-0.4, -0.2) is 16.1 Å². The van der Waals surface area contributed by atoms with Crippen LogP contribution in [0.3, 0.4) is 0 Å². The zero-order chi connectivity index (χ0) is 24.3. The molecule has 0 atom stereocenters. The molecule has 0 saturated carbocycles. The van der Waals surface area contributed by atoms with Crippen LogP contribution >= 0.6 is 11.3 Å². The molecule has 2 N–H and O–H groups in total. The average Bonchev–Trinajstić information content (AvgIpc) is 3.28. The van der Waals surface area contributed by atoms with Gasteiger partial charge in [-0.25, -0.2) is 4.39 Å². The summed E-state index contributed by atoms with van der Waals surface area (Å²) in [4.78, 5) is 12.1. The van der Waals surface area contributed by atoms with E-state index in [0.717, 1.165) is 18.4 Å². The van der Waals surface area contributed by atoms with E-state index in [4.69, 9.17) is 0 Å². The molecule has 188 valence electrons. The molecule has 2 rings (SSSR count). The van der Waals surface area contributed by atoms with Gasteiger partial charge in [0.05, 0.1) is 0 Å². The van der Waals surface area contributed by atoms with Crippen molar-refractivity contribution in [3.05, 3.63) is 47.8 Å². The van der Waals surface area contributed by atoms with Gasteiger partial charge in [0.25, 0.3) is 0 Å². The minimum atomic E-state index is -0.254. The van der Waals surface area contributed by atoms with E-state index in [2.05, 4.69) is 39.9 Å². The molecule has 0 aliphatic heterocycles. The van der Waals surface area contributed by atoms with E-state index in [1.807, 2.05) is 0 Å². The molecule has 7 heteroatoms. The second-order valence-electron chi connectivity index (χ2n) is 8.77. The van der Waals surface area contributed by atoms with Crippen LogP contribution in [0.2, 0.25) is 0 Å². The standard InChI is InChI=1S/C27H41FN4OS/c1-2-3-4-5-6-7-8-9-10-11-12-13-14-15-16-17-25(33)30-27-32-31-26(34-27)29-22-23-18-20-24(28)21-19-23/h9-10,18-21H,2-8,11-17,22H2,1H3,(H,29,31)(H,30,32,33). The van der Waals surface area contributed by atoms with Gasteiger partial charge in [0.15, 0.2) is 0 Å². The van der Waals surface area contributed by atoms with Crippen molar-refractivity contribution < 1.29 is 9.18 Å². The largest absolute Gasteiger partial charge is 0.356 e. The Labute approximate surface area is 208 Å². The third kappa shape index (κ3) is 13.4. The van der Waals surface area contributed by atoms with Crippen molar-refractivity contribution >= 4 is 27.5 Å². The van der Waals surface area contributed by atoms with E-state index < -0.39 is 0 Å². The van der Waals surface area contributed by atoms with Gasteiger partial charge in [0.1, 0.15) is 5.82 Å². The lowest BCUT2D eigenvalue weighted by molar-refractivity contribution is -0.116. The Morgan fingerprint density at radius 1 is 0.853 bits per heavy atom. The lowest BCUT2D eigenvalue weighted by atomic mass is 10.1. The summed E-state index contributed by atoms with van der Waals surface area (Å²) in [5, 5.41) is 15.1. The van der Waals surface area contributed by atoms with Gasteiger partial charge in [-0.2, -0.15) is 0 Å². The summed E-state index contributed by atoms with van der Waals surface area (Å²) < 4.78 is 13.0. The zero-order valence-corrected chi connectivity index (χ0v) is 21.5. The van der Waals surface area contributed by atoms with Gasteiger partial charge in [0.2, 0.25) is 16.2 Å². The van der Waals surface area contributed by atoms with Crippen LogP contribution in [0.5, 0.6) is 0 Å². The summed E-state index contributed by atoms with van der Waals surface area (Å²) in [5.41, 5.74) is 0.950. The number of amides is 1. The van der Waals surface area contributed by atoms with Gasteiger partial charge in [-0.1, -0.05) is 93.9 Å². The molecule has 5 nitrogen and oxygen atoms in total. The lowest BCUT2D eigenvalue weighted by Crippen LogP contribution is -2.10. The third-order valence-corrected chi connectivity index (χ3v) is 6.49. The van der Waals surface area contributed by atoms with Crippen LogP contribution in [0.1, 0.15) is 102 Å². The van der Waals surface area contributed by atoms with Crippen molar-refractivity contribution in [1.82, 2.24) is 10.2 Å². The maximum Gasteiger partial charge on any atom is 0.226 e. The first kappa shape index (κ1) is 28.0. The highest BCUT2D eigenvalue weighted by Crippen LogP contribution is 2.21. The molecule has 0 fully saturated rings. The number of hydrogen-bond donors (Lipinski definition) is 2. The molecule has 0 bridgehead atoms. The summed E-state index contributed by atoms with van der Waals surface area (Å²) in [6.45, 7) is 2.79. The van der Waals surface area contributed by atoms with E-state index in [1.54, 1.807) is 12.1 Å². The second kappa shape index (κ2) is 18.1. The van der Waals surface area contributed by atoms with E-state index >= 15 is 0 Å². The Morgan fingerprint density at radius 3 is 2.12 bits per heavy atom. The molecule has 0 unspecified atom stereocenters. The van der Waals surface area contributed by atoms with Crippen molar-refractivity contribution in [2.45, 2.75) is 103 Å². The number of nitrogens with one attached hydrogen (secondary N) is 2. The molecule has 0 radical (unpaired) electrons. The molecular weight excluding hydrogens is 447 g/mol. The molecule has 34 heavy (non-hydrogen) atoms. The van der Waals surface area contributed by atoms with E-state index in [9.17, 15) is 9.18 Å². The first-order chi connectivity index (χ1) is 16.7. The number of anilines is 2. The first-order valence-electron chi connectivity index (χ1n) is 12.9. The van der Waals surface area contributed by atoms with Crippen LogP contribution in [0.25, 0.3) is 0 Å². The number of carbonyl (C=O) groups excluding carboxylic acids is 1. The molecule has 1 aromatic carbocycles. The van der Waals surface area contributed by atoms with Crippen LogP contribution in [0.4, 0.5) is 14.7 Å². The van der Waals surface area contributed by atoms with E-state index in [0.29, 0.717) is 23.2 Å². The number of unbranched alkanes of at least 4 members (excludes halogenated alkanes) is 11. The van der Waals surface area contributed by atoms with E-state index in [-0.39, 0.29) is 11.7 Å². The molecule has 1 amide bonds. The maximum absolute atomic E-state index is 13.0. The summed E-state index contributed by atoms with van der Waals surface area (Å²) in [7, 11) is 0. The maximum atomic E-state index is 13.0. The Bertz CT molecular complexity index is 822. The third-order valence-electron chi connectivity index (χ3n) is 5.69. The van der Waals surface area contributed by atoms with Gasteiger partial charge < -0.3 is 10.6 Å². The predicted molar refractivity (Wildman–Crippen MR) is 142 cm³/mol. The topological polar surface area (TPSA) is 66.9 Å². The summed E-state index contributed by atoms with van der Waals surface area (Å²) >= 11 is 1.30. The number of aromatic nitrogens is 2. The van der Waals surface area contributed by atoms with Crippen molar-refractivity contribution in [1.29, 1.82) is 0 Å². The number of halogens is 1. The summed E-state index contributed by atoms with van der Waals surface area (Å²) in [5.74, 6) is -0.269. The number of hydrogen-bond acceptors (Lipinski definition) is 5. The molecule has 0 aliphatic carbocycles. The van der Waals surface area contributed by atoms with Crippen molar-refractivity contribution in [2.75, 3.05) is 10.6 Å². The van der Waals surface area contributed by atoms with Crippen LogP contribution in [0.15, 0.2) is 36.4 Å². The number of rotatable bonds is 19. The minimum Gasteiger partial charge on any atom is -0.356 e. The van der Waals surface area contributed by atoms with E-state index in [1.165, 1.54) is 94.1 Å². The van der Waals surface area contributed by atoms with Crippen LogP contribution < -0.4 is 10.6 Å². The molecule has 1 aromatic heterocycles. The lowest BCUT2D eigenvalue weighted by Gasteiger charge is -2.02. The van der Waals surface area contributed by atoms with Crippen LogP contribution in [0, 0.1) is 5.82 Å². The van der Waals surface area contributed by atoms with Crippen molar-refractivity contribution in [3.63, 3.8) is 0 Å².